The van der Waals surface area contributed by atoms with Gasteiger partial charge in [-0.3, -0.25) is 0 Å². The van der Waals surface area contributed by atoms with Crippen LogP contribution in [0.5, 0.6) is 5.75 Å². The molecule has 0 saturated heterocycles. The van der Waals surface area contributed by atoms with Crippen molar-refractivity contribution < 1.29 is 13.2 Å². The second-order valence-electron chi connectivity index (χ2n) is 9.43. The molecule has 2 aromatic rings. The summed E-state index contributed by atoms with van der Waals surface area (Å²) in [5.41, 5.74) is 3.24. The molecule has 7 heteroatoms. The topological polar surface area (TPSA) is 67.8 Å². The summed E-state index contributed by atoms with van der Waals surface area (Å²) in [4.78, 5) is 0.211. The van der Waals surface area contributed by atoms with Gasteiger partial charge in [0.25, 0.3) is 10.0 Å². The molecule has 5 nitrogen and oxygen atoms in total. The van der Waals surface area contributed by atoms with Crippen LogP contribution in [0.3, 0.4) is 0 Å². The van der Waals surface area contributed by atoms with E-state index in [0.717, 1.165) is 17.0 Å². The minimum Gasteiger partial charge on any atom is -0.497 e. The number of hydrogen-bond acceptors (Lipinski definition) is 3. The Kier molecular flexibility index (Phi) is 8.71. The first-order valence-electron chi connectivity index (χ1n) is 11.2. The van der Waals surface area contributed by atoms with E-state index >= 15 is 0 Å². The molecule has 176 valence electrons. The highest BCUT2D eigenvalue weighted by Gasteiger charge is 2.43. The van der Waals surface area contributed by atoms with Crippen LogP contribution in [0.1, 0.15) is 47.1 Å². The van der Waals surface area contributed by atoms with E-state index in [0.29, 0.717) is 28.5 Å². The average molecular weight is 475 g/mol. The molecule has 0 heterocycles. The smallest absolute Gasteiger partial charge is 0.283 e. The minimum atomic E-state index is -3.84. The van der Waals surface area contributed by atoms with Crippen molar-refractivity contribution in [2.75, 3.05) is 12.4 Å². The third kappa shape index (κ3) is 6.01. The maximum atomic E-state index is 13.2. The van der Waals surface area contributed by atoms with E-state index in [1.807, 2.05) is 31.2 Å². The normalized spacial score (nSPS) is 13.2. The molecule has 0 spiro atoms. The molecular formula is C25H38N2O3SSi. The van der Waals surface area contributed by atoms with Gasteiger partial charge in [-0.25, -0.2) is 0 Å². The fourth-order valence-electron chi connectivity index (χ4n) is 4.75. The second kappa shape index (κ2) is 10.7. The first-order valence-corrected chi connectivity index (χ1v) is 15.1. The molecular weight excluding hydrogens is 436 g/mol. The Bertz CT molecular complexity index is 990. The van der Waals surface area contributed by atoms with E-state index in [4.69, 9.17) is 4.74 Å². The van der Waals surface area contributed by atoms with E-state index in [9.17, 15) is 8.42 Å². The number of aryl methyl sites for hydroxylation is 1. The lowest BCUT2D eigenvalue weighted by atomic mass is 10.2. The van der Waals surface area contributed by atoms with Gasteiger partial charge in [0.1, 0.15) is 11.6 Å². The van der Waals surface area contributed by atoms with Gasteiger partial charge in [0.05, 0.1) is 20.1 Å². The van der Waals surface area contributed by atoms with Crippen molar-refractivity contribution in [3.8, 4) is 5.75 Å². The number of sulfonamides is 1. The first kappa shape index (κ1) is 26.1. The van der Waals surface area contributed by atoms with Gasteiger partial charge in [-0.2, -0.15) is 8.42 Å². The Balaban J connectivity index is 2.57. The molecule has 1 N–H and O–H groups in total. The highest BCUT2D eigenvalue weighted by molar-refractivity contribution is 7.90. The van der Waals surface area contributed by atoms with Crippen LogP contribution in [0, 0.1) is 6.92 Å². The molecule has 2 aromatic carbocycles. The molecule has 32 heavy (non-hydrogen) atoms. The summed E-state index contributed by atoms with van der Waals surface area (Å²) in [5, 5.41) is 3.34. The number of anilines is 1. The van der Waals surface area contributed by atoms with Crippen molar-refractivity contribution in [3.63, 3.8) is 0 Å². The third-order valence-corrected chi connectivity index (χ3v) is 15.4. The number of nitrogens with one attached hydrogen (secondary N) is 1. The van der Waals surface area contributed by atoms with Crippen molar-refractivity contribution in [1.29, 1.82) is 0 Å². The van der Waals surface area contributed by atoms with E-state index < -0.39 is 18.1 Å². The maximum Gasteiger partial charge on any atom is 0.283 e. The number of rotatable bonds is 9. The van der Waals surface area contributed by atoms with E-state index in [1.54, 1.807) is 31.4 Å². The largest absolute Gasteiger partial charge is 0.497 e. The van der Waals surface area contributed by atoms with Crippen LogP contribution in [-0.4, -0.2) is 29.4 Å². The molecule has 0 bridgehead atoms. The van der Waals surface area contributed by atoms with E-state index in [-0.39, 0.29) is 4.90 Å². The quantitative estimate of drug-likeness (QED) is 0.244. The Morgan fingerprint density at radius 1 is 0.906 bits per heavy atom. The van der Waals surface area contributed by atoms with Crippen molar-refractivity contribution >= 4 is 29.6 Å². The van der Waals surface area contributed by atoms with Gasteiger partial charge in [-0.05, 0) is 43.3 Å². The zero-order valence-corrected chi connectivity index (χ0v) is 22.5. The summed E-state index contributed by atoms with van der Waals surface area (Å²) in [6.07, 6.45) is 0. The Morgan fingerprint density at radius 3 is 1.84 bits per heavy atom. The van der Waals surface area contributed by atoms with Crippen molar-refractivity contribution in [2.45, 2.75) is 76.0 Å². The molecule has 0 aliphatic rings. The second-order valence-corrected chi connectivity index (χ2v) is 17.1. The summed E-state index contributed by atoms with van der Waals surface area (Å²) in [7, 11) is -4.17. The van der Waals surface area contributed by atoms with Crippen LogP contribution in [-0.2, 0) is 10.0 Å². The van der Waals surface area contributed by atoms with Crippen molar-refractivity contribution in [3.05, 3.63) is 54.1 Å². The van der Waals surface area contributed by atoms with Crippen LogP contribution in [0.15, 0.2) is 57.8 Å². The van der Waals surface area contributed by atoms with Crippen LogP contribution >= 0.6 is 0 Å². The number of methoxy groups -OCH3 is 1. The first-order chi connectivity index (χ1) is 14.9. The predicted octanol–water partition coefficient (Wildman–Crippen LogP) is 6.88. The van der Waals surface area contributed by atoms with Gasteiger partial charge in [0.15, 0.2) is 0 Å². The molecule has 0 aliphatic heterocycles. The van der Waals surface area contributed by atoms with Gasteiger partial charge < -0.3 is 10.1 Å². The number of nitrogens with zero attached hydrogens (tertiary/aromatic N) is 1. The Hall–Kier alpha value is -2.12. The van der Waals surface area contributed by atoms with E-state index in [1.165, 1.54) is 0 Å². The van der Waals surface area contributed by atoms with E-state index in [2.05, 4.69) is 51.3 Å². The number of ether oxygens (including phenoxy) is 1. The highest BCUT2D eigenvalue weighted by Crippen LogP contribution is 2.44. The molecule has 0 radical (unpaired) electrons. The minimum absolute atomic E-state index is 0.211. The molecule has 2 rings (SSSR count). The molecule has 0 atom stereocenters. The average Bonchev–Trinajstić information content (AvgIpc) is 2.71. The lowest BCUT2D eigenvalue weighted by Crippen LogP contribution is -2.47. The number of amidine groups is 1. The molecule has 0 amide bonds. The van der Waals surface area contributed by atoms with Gasteiger partial charge in [-0.1, -0.05) is 75.9 Å². The van der Waals surface area contributed by atoms with Crippen LogP contribution in [0.4, 0.5) is 5.69 Å². The zero-order chi connectivity index (χ0) is 24.1. The van der Waals surface area contributed by atoms with Crippen molar-refractivity contribution in [1.82, 2.24) is 0 Å². The zero-order valence-electron chi connectivity index (χ0n) is 20.6. The SMILES string of the molecule is COc1ccc(N/C(C[Si](C(C)C)(C(C)C)C(C)C)=N/S(=O)(=O)c2ccc(C)cc2)cc1. The fraction of sp³-hybridized carbons (Fsp3) is 0.480. The molecule has 0 unspecified atom stereocenters. The number of benzene rings is 2. The maximum absolute atomic E-state index is 13.2. The van der Waals surface area contributed by atoms with Crippen LogP contribution in [0.25, 0.3) is 0 Å². The molecule has 0 aliphatic carbocycles. The lowest BCUT2D eigenvalue weighted by Gasteiger charge is -2.43. The molecule has 0 aromatic heterocycles. The van der Waals surface area contributed by atoms with Gasteiger partial charge in [0, 0.05) is 11.7 Å². The van der Waals surface area contributed by atoms with Gasteiger partial charge >= 0.3 is 0 Å². The Labute approximate surface area is 195 Å². The summed E-state index contributed by atoms with van der Waals surface area (Å²) in [5.74, 6) is 1.26. The fourth-order valence-corrected chi connectivity index (χ4v) is 11.8. The monoisotopic (exact) mass is 474 g/mol. The van der Waals surface area contributed by atoms with Gasteiger partial charge in [0.2, 0.25) is 0 Å². The van der Waals surface area contributed by atoms with Gasteiger partial charge in [-0.15, -0.1) is 4.40 Å². The molecule has 0 fully saturated rings. The predicted molar refractivity (Wildman–Crippen MR) is 138 cm³/mol. The number of hydrogen-bond donors (Lipinski definition) is 1. The summed E-state index contributed by atoms with van der Waals surface area (Å²) in [6, 6.07) is 15.0. The summed E-state index contributed by atoms with van der Waals surface area (Å²) < 4.78 is 36.0. The summed E-state index contributed by atoms with van der Waals surface area (Å²) >= 11 is 0. The highest BCUT2D eigenvalue weighted by atomic mass is 32.2. The van der Waals surface area contributed by atoms with Crippen molar-refractivity contribution in [2.24, 2.45) is 4.40 Å². The third-order valence-electron chi connectivity index (χ3n) is 6.63. The Morgan fingerprint density at radius 2 is 1.41 bits per heavy atom. The van der Waals surface area contributed by atoms with Crippen LogP contribution in [0.2, 0.25) is 22.7 Å². The summed E-state index contributed by atoms with van der Waals surface area (Å²) in [6.45, 7) is 15.6. The molecule has 0 saturated carbocycles. The van der Waals surface area contributed by atoms with Crippen LogP contribution < -0.4 is 10.1 Å². The lowest BCUT2D eigenvalue weighted by molar-refractivity contribution is 0.415. The standard InChI is InChI=1S/C25H38N2O3SSi/c1-18(2)32(19(3)4,20(5)6)17-25(26-22-11-13-23(30-8)14-12-22)27-31(28,29)24-15-9-21(7)10-16-24/h9-16,18-20H,17H2,1-8H3,(H,26,27).